The van der Waals surface area contributed by atoms with Crippen LogP contribution in [0.15, 0.2) is 12.7 Å². The summed E-state index contributed by atoms with van der Waals surface area (Å²) in [5.41, 5.74) is 0.247. The molecule has 8 heteroatoms. The van der Waals surface area contributed by atoms with Crippen molar-refractivity contribution in [3.63, 3.8) is 0 Å². The summed E-state index contributed by atoms with van der Waals surface area (Å²) in [6, 6.07) is 0.0795. The molecule has 2 rings (SSSR count). The molecule has 1 aromatic heterocycles. The number of hydrogen-bond donors (Lipinski definition) is 0. The minimum absolute atomic E-state index is 0.0795. The van der Waals surface area contributed by atoms with Gasteiger partial charge in [0.05, 0.1) is 12.3 Å². The van der Waals surface area contributed by atoms with Gasteiger partial charge < -0.3 is 0 Å². The van der Waals surface area contributed by atoms with Crippen LogP contribution in [0.4, 0.5) is 3.89 Å². The third kappa shape index (κ3) is 4.82. The zero-order valence-corrected chi connectivity index (χ0v) is 12.7. The standard InChI is InChI=1S/C12H21FN4O2S/c1-11(7-17-10-14-9-15-17)16(5-6-20(13,18)19)8-12(2)3-4-12/h9-11H,3-8H2,1-2H3. The quantitative estimate of drug-likeness (QED) is 0.672. The van der Waals surface area contributed by atoms with Gasteiger partial charge in [0.25, 0.3) is 0 Å². The van der Waals surface area contributed by atoms with Crippen molar-refractivity contribution in [2.24, 2.45) is 5.41 Å². The Morgan fingerprint density at radius 1 is 1.50 bits per heavy atom. The van der Waals surface area contributed by atoms with Gasteiger partial charge in [0.1, 0.15) is 12.7 Å². The first-order chi connectivity index (χ1) is 9.27. The van der Waals surface area contributed by atoms with Crippen LogP contribution < -0.4 is 0 Å². The SMILES string of the molecule is CC(Cn1cncn1)N(CCS(=O)(=O)F)CC1(C)CC1. The molecule has 0 amide bonds. The van der Waals surface area contributed by atoms with Gasteiger partial charge >= 0.3 is 10.2 Å². The molecule has 6 nitrogen and oxygen atoms in total. The Labute approximate surface area is 119 Å². The Bertz CT molecular complexity index is 528. The summed E-state index contributed by atoms with van der Waals surface area (Å²) in [4.78, 5) is 5.92. The van der Waals surface area contributed by atoms with E-state index in [1.807, 2.05) is 11.8 Å². The molecule has 1 fully saturated rings. The smallest absolute Gasteiger partial charge is 0.297 e. The van der Waals surface area contributed by atoms with Gasteiger partial charge in [-0.3, -0.25) is 9.58 Å². The lowest BCUT2D eigenvalue weighted by Crippen LogP contribution is -2.42. The molecule has 0 spiro atoms. The van der Waals surface area contributed by atoms with Crippen LogP contribution >= 0.6 is 0 Å². The molecule has 0 radical (unpaired) electrons. The molecular formula is C12H21FN4O2S. The molecule has 1 aromatic rings. The van der Waals surface area contributed by atoms with Gasteiger partial charge in [0.15, 0.2) is 0 Å². The average Bonchev–Trinajstić information content (AvgIpc) is 2.86. The molecule has 1 heterocycles. The predicted molar refractivity (Wildman–Crippen MR) is 73.3 cm³/mol. The first kappa shape index (κ1) is 15.4. The van der Waals surface area contributed by atoms with E-state index in [0.29, 0.717) is 6.54 Å². The van der Waals surface area contributed by atoms with Gasteiger partial charge in [-0.1, -0.05) is 6.92 Å². The van der Waals surface area contributed by atoms with Crippen molar-refractivity contribution in [1.82, 2.24) is 19.7 Å². The maximum Gasteiger partial charge on any atom is 0.303 e. The second kappa shape index (κ2) is 5.77. The molecule has 1 unspecified atom stereocenters. The fraction of sp³-hybridized carbons (Fsp3) is 0.833. The van der Waals surface area contributed by atoms with Crippen LogP contribution in [0.2, 0.25) is 0 Å². The highest BCUT2D eigenvalue weighted by molar-refractivity contribution is 7.86. The number of rotatable bonds is 8. The Morgan fingerprint density at radius 2 is 2.20 bits per heavy atom. The Morgan fingerprint density at radius 3 is 2.70 bits per heavy atom. The average molecular weight is 304 g/mol. The summed E-state index contributed by atoms with van der Waals surface area (Å²) >= 11 is 0. The van der Waals surface area contributed by atoms with Gasteiger partial charge in [-0.05, 0) is 25.2 Å². The molecule has 0 aromatic carbocycles. The van der Waals surface area contributed by atoms with Crippen molar-refractivity contribution >= 4 is 10.2 Å². The molecule has 0 saturated heterocycles. The summed E-state index contributed by atoms with van der Waals surface area (Å²) < 4.78 is 35.9. The van der Waals surface area contributed by atoms with Crippen molar-refractivity contribution in [2.75, 3.05) is 18.8 Å². The first-order valence-corrected chi connectivity index (χ1v) is 8.31. The van der Waals surface area contributed by atoms with Crippen molar-refractivity contribution in [1.29, 1.82) is 0 Å². The van der Waals surface area contributed by atoms with Crippen LogP contribution in [0.5, 0.6) is 0 Å². The summed E-state index contributed by atoms with van der Waals surface area (Å²) in [5.74, 6) is -0.454. The highest BCUT2D eigenvalue weighted by Crippen LogP contribution is 2.45. The lowest BCUT2D eigenvalue weighted by atomic mass is 10.1. The Kier molecular flexibility index (Phi) is 4.43. The summed E-state index contributed by atoms with van der Waals surface area (Å²) in [6.07, 6.45) is 5.37. The third-order valence-corrected chi connectivity index (χ3v) is 4.52. The maximum absolute atomic E-state index is 12.8. The van der Waals surface area contributed by atoms with Crippen molar-refractivity contribution in [3.05, 3.63) is 12.7 Å². The minimum atomic E-state index is -4.43. The molecule has 1 atom stereocenters. The van der Waals surface area contributed by atoms with Crippen LogP contribution in [0.25, 0.3) is 0 Å². The highest BCUT2D eigenvalue weighted by atomic mass is 32.3. The number of halogens is 1. The summed E-state index contributed by atoms with van der Waals surface area (Å²) in [5, 5.41) is 4.05. The normalized spacial score (nSPS) is 19.2. The number of hydrogen-bond acceptors (Lipinski definition) is 5. The van der Waals surface area contributed by atoms with E-state index in [2.05, 4.69) is 17.0 Å². The lowest BCUT2D eigenvalue weighted by Gasteiger charge is -2.31. The monoisotopic (exact) mass is 304 g/mol. The molecule has 0 bridgehead atoms. The number of nitrogens with zero attached hydrogens (tertiary/aromatic N) is 4. The largest absolute Gasteiger partial charge is 0.303 e. The van der Waals surface area contributed by atoms with Crippen LogP contribution in [0, 0.1) is 5.41 Å². The summed E-state index contributed by atoms with van der Waals surface area (Å²) in [7, 11) is -4.43. The summed E-state index contributed by atoms with van der Waals surface area (Å²) in [6.45, 7) is 5.79. The van der Waals surface area contributed by atoms with Crippen LogP contribution in [0.3, 0.4) is 0 Å². The molecule has 1 saturated carbocycles. The molecule has 0 N–H and O–H groups in total. The van der Waals surface area contributed by atoms with Crippen molar-refractivity contribution in [2.45, 2.75) is 39.3 Å². The van der Waals surface area contributed by atoms with E-state index in [9.17, 15) is 12.3 Å². The van der Waals surface area contributed by atoms with Gasteiger partial charge in [0, 0.05) is 19.1 Å². The van der Waals surface area contributed by atoms with E-state index in [1.54, 1.807) is 11.0 Å². The Hall–Kier alpha value is -1.02. The second-order valence-corrected chi connectivity index (χ2v) is 7.48. The van der Waals surface area contributed by atoms with E-state index in [-0.39, 0.29) is 18.0 Å². The molecular weight excluding hydrogens is 283 g/mol. The van der Waals surface area contributed by atoms with E-state index in [1.165, 1.54) is 6.33 Å². The van der Waals surface area contributed by atoms with Crippen LogP contribution in [0.1, 0.15) is 26.7 Å². The van der Waals surface area contributed by atoms with Crippen molar-refractivity contribution in [3.8, 4) is 0 Å². The van der Waals surface area contributed by atoms with E-state index in [4.69, 9.17) is 0 Å². The highest BCUT2D eigenvalue weighted by Gasteiger charge is 2.39. The topological polar surface area (TPSA) is 68.1 Å². The maximum atomic E-state index is 12.8. The first-order valence-electron chi connectivity index (χ1n) is 6.76. The minimum Gasteiger partial charge on any atom is -0.297 e. The van der Waals surface area contributed by atoms with Gasteiger partial charge in [-0.2, -0.15) is 13.5 Å². The molecule has 0 aliphatic heterocycles. The zero-order chi connectivity index (χ0) is 14.8. The van der Waals surface area contributed by atoms with Gasteiger partial charge in [0.2, 0.25) is 0 Å². The van der Waals surface area contributed by atoms with Crippen molar-refractivity contribution < 1.29 is 12.3 Å². The number of aromatic nitrogens is 3. The van der Waals surface area contributed by atoms with E-state index in [0.717, 1.165) is 19.4 Å². The molecule has 114 valence electrons. The third-order valence-electron chi connectivity index (χ3n) is 3.85. The van der Waals surface area contributed by atoms with E-state index >= 15 is 0 Å². The predicted octanol–water partition coefficient (Wildman–Crippen LogP) is 1.07. The zero-order valence-electron chi connectivity index (χ0n) is 11.9. The van der Waals surface area contributed by atoms with Gasteiger partial charge in [-0.25, -0.2) is 4.98 Å². The molecule has 20 heavy (non-hydrogen) atoms. The Balaban J connectivity index is 1.96. The molecule has 1 aliphatic rings. The second-order valence-electron chi connectivity index (χ2n) is 5.99. The van der Waals surface area contributed by atoms with Gasteiger partial charge in [-0.15, -0.1) is 3.89 Å². The lowest BCUT2D eigenvalue weighted by molar-refractivity contribution is 0.165. The fourth-order valence-electron chi connectivity index (χ4n) is 2.26. The van der Waals surface area contributed by atoms with Crippen LogP contribution in [-0.2, 0) is 16.8 Å². The van der Waals surface area contributed by atoms with Crippen LogP contribution in [-0.4, -0.2) is 53.0 Å². The van der Waals surface area contributed by atoms with E-state index < -0.39 is 16.0 Å². The fourth-order valence-corrected chi connectivity index (χ4v) is 2.71. The molecule has 1 aliphatic carbocycles.